The second-order valence-corrected chi connectivity index (χ2v) is 4.03. The molecule has 0 atom stereocenters. The summed E-state index contributed by atoms with van der Waals surface area (Å²) in [4.78, 5) is 9.05. The summed E-state index contributed by atoms with van der Waals surface area (Å²) in [5, 5.41) is 6.44. The van der Waals surface area contributed by atoms with Crippen molar-refractivity contribution in [3.05, 3.63) is 17.6 Å². The average molecular weight is 279 g/mol. The van der Waals surface area contributed by atoms with Gasteiger partial charge < -0.3 is 10.6 Å². The van der Waals surface area contributed by atoms with Crippen LogP contribution in [-0.4, -0.2) is 30.1 Å². The normalized spacial score (nSPS) is 15.6. The number of hydrogen-bond acceptors (Lipinski definition) is 4. The maximum atomic E-state index is 4.53. The fourth-order valence-corrected chi connectivity index (χ4v) is 1.98. The molecule has 2 rings (SSSR count). The number of aromatic nitrogens is 2. The van der Waals surface area contributed by atoms with Crippen molar-refractivity contribution in [2.75, 3.05) is 25.5 Å². The zero-order chi connectivity index (χ0) is 10.7. The Morgan fingerprint density at radius 1 is 1.24 bits per heavy atom. The molecule has 0 aliphatic carbocycles. The van der Waals surface area contributed by atoms with E-state index in [4.69, 9.17) is 0 Å². The van der Waals surface area contributed by atoms with Crippen molar-refractivity contribution in [3.63, 3.8) is 0 Å². The second kappa shape index (κ2) is 7.69. The molecule has 0 spiro atoms. The lowest BCUT2D eigenvalue weighted by Gasteiger charge is -2.21. The highest BCUT2D eigenvalue weighted by molar-refractivity contribution is 5.85. The summed E-state index contributed by atoms with van der Waals surface area (Å²) < 4.78 is 0. The minimum atomic E-state index is 0. The van der Waals surface area contributed by atoms with E-state index < -0.39 is 0 Å². The smallest absolute Gasteiger partial charge is 0.134 e. The molecule has 6 heteroatoms. The zero-order valence-electron chi connectivity index (χ0n) is 10.2. The summed E-state index contributed by atoms with van der Waals surface area (Å²) in [5.74, 6) is 2.45. The standard InChI is InChI=1S/C11H18N4.2ClH/c1-8-7-10(12-2)15-11(14-8)9-3-5-13-6-4-9;;/h7,9,13H,3-6H2,1-2H3,(H,12,14,15);2*1H. The van der Waals surface area contributed by atoms with Gasteiger partial charge in [0.25, 0.3) is 0 Å². The Morgan fingerprint density at radius 2 is 1.88 bits per heavy atom. The third kappa shape index (κ3) is 4.30. The number of rotatable bonds is 2. The molecule has 17 heavy (non-hydrogen) atoms. The lowest BCUT2D eigenvalue weighted by Crippen LogP contribution is -2.27. The van der Waals surface area contributed by atoms with Crippen molar-refractivity contribution in [2.45, 2.75) is 25.7 Å². The maximum Gasteiger partial charge on any atom is 0.134 e. The van der Waals surface area contributed by atoms with Crippen LogP contribution in [0.3, 0.4) is 0 Å². The summed E-state index contributed by atoms with van der Waals surface area (Å²) in [6.45, 7) is 4.18. The van der Waals surface area contributed by atoms with Crippen LogP contribution >= 0.6 is 24.8 Å². The van der Waals surface area contributed by atoms with Crippen molar-refractivity contribution < 1.29 is 0 Å². The van der Waals surface area contributed by atoms with Crippen LogP contribution in [0.2, 0.25) is 0 Å². The quantitative estimate of drug-likeness (QED) is 0.871. The molecule has 0 amide bonds. The number of anilines is 1. The fraction of sp³-hybridized carbons (Fsp3) is 0.636. The van der Waals surface area contributed by atoms with E-state index in [-0.39, 0.29) is 24.8 Å². The third-order valence-corrected chi connectivity index (χ3v) is 2.83. The van der Waals surface area contributed by atoms with E-state index in [1.165, 1.54) is 0 Å². The molecule has 1 aromatic rings. The molecule has 4 nitrogen and oxygen atoms in total. The molecular weight excluding hydrogens is 259 g/mol. The Kier molecular flexibility index (Phi) is 7.43. The highest BCUT2D eigenvalue weighted by atomic mass is 35.5. The molecule has 0 aromatic carbocycles. The lowest BCUT2D eigenvalue weighted by molar-refractivity contribution is 0.444. The predicted molar refractivity (Wildman–Crippen MR) is 75.7 cm³/mol. The number of aryl methyl sites for hydroxylation is 1. The van der Waals surface area contributed by atoms with Crippen molar-refractivity contribution in [1.82, 2.24) is 15.3 Å². The third-order valence-electron chi connectivity index (χ3n) is 2.83. The summed E-state index contributed by atoms with van der Waals surface area (Å²) in [6, 6.07) is 1.98. The van der Waals surface area contributed by atoms with E-state index in [2.05, 4.69) is 20.6 Å². The van der Waals surface area contributed by atoms with E-state index in [1.807, 2.05) is 20.0 Å². The van der Waals surface area contributed by atoms with Crippen LogP contribution in [0.5, 0.6) is 0 Å². The van der Waals surface area contributed by atoms with Gasteiger partial charge in [0, 0.05) is 24.7 Å². The molecule has 2 N–H and O–H groups in total. The monoisotopic (exact) mass is 278 g/mol. The molecule has 2 heterocycles. The van der Waals surface area contributed by atoms with E-state index in [0.29, 0.717) is 5.92 Å². The van der Waals surface area contributed by atoms with Gasteiger partial charge in [-0.05, 0) is 32.9 Å². The molecule has 98 valence electrons. The average Bonchev–Trinajstić information content (AvgIpc) is 2.29. The maximum absolute atomic E-state index is 4.53. The summed E-state index contributed by atoms with van der Waals surface area (Å²) in [5.41, 5.74) is 1.04. The topological polar surface area (TPSA) is 49.8 Å². The lowest BCUT2D eigenvalue weighted by atomic mass is 9.97. The molecule has 1 fully saturated rings. The van der Waals surface area contributed by atoms with E-state index in [1.54, 1.807) is 0 Å². The van der Waals surface area contributed by atoms with Gasteiger partial charge in [-0.3, -0.25) is 0 Å². The van der Waals surface area contributed by atoms with Crippen LogP contribution in [0.15, 0.2) is 6.07 Å². The largest absolute Gasteiger partial charge is 0.373 e. The van der Waals surface area contributed by atoms with Crippen LogP contribution in [0, 0.1) is 6.92 Å². The Hall–Kier alpha value is -0.580. The summed E-state index contributed by atoms with van der Waals surface area (Å²) >= 11 is 0. The molecule has 1 aliphatic rings. The van der Waals surface area contributed by atoms with Crippen molar-refractivity contribution in [2.24, 2.45) is 0 Å². The van der Waals surface area contributed by atoms with Crippen LogP contribution in [0.1, 0.15) is 30.3 Å². The minimum absolute atomic E-state index is 0. The predicted octanol–water partition coefficient (Wildman–Crippen LogP) is 2.14. The van der Waals surface area contributed by atoms with Gasteiger partial charge in [-0.2, -0.15) is 0 Å². The van der Waals surface area contributed by atoms with Crippen molar-refractivity contribution in [3.8, 4) is 0 Å². The van der Waals surface area contributed by atoms with Crippen LogP contribution in [-0.2, 0) is 0 Å². The highest BCUT2D eigenvalue weighted by Crippen LogP contribution is 2.23. The van der Waals surface area contributed by atoms with Gasteiger partial charge in [-0.1, -0.05) is 0 Å². The first-order valence-corrected chi connectivity index (χ1v) is 5.53. The van der Waals surface area contributed by atoms with Crippen LogP contribution in [0.4, 0.5) is 5.82 Å². The molecule has 1 aliphatic heterocycles. The zero-order valence-corrected chi connectivity index (χ0v) is 11.8. The van der Waals surface area contributed by atoms with Gasteiger partial charge in [0.15, 0.2) is 0 Å². The van der Waals surface area contributed by atoms with Gasteiger partial charge in [0.1, 0.15) is 11.6 Å². The molecule has 0 bridgehead atoms. The van der Waals surface area contributed by atoms with E-state index in [9.17, 15) is 0 Å². The van der Waals surface area contributed by atoms with Gasteiger partial charge in [-0.15, -0.1) is 24.8 Å². The molecule has 0 saturated carbocycles. The number of nitrogens with zero attached hydrogens (tertiary/aromatic N) is 2. The van der Waals surface area contributed by atoms with Crippen molar-refractivity contribution >= 4 is 30.6 Å². The van der Waals surface area contributed by atoms with Crippen LogP contribution in [0.25, 0.3) is 0 Å². The number of nitrogens with one attached hydrogen (secondary N) is 2. The number of hydrogen-bond donors (Lipinski definition) is 2. The summed E-state index contributed by atoms with van der Waals surface area (Å²) in [6.07, 6.45) is 2.29. The van der Waals surface area contributed by atoms with Gasteiger partial charge >= 0.3 is 0 Å². The van der Waals surface area contributed by atoms with E-state index >= 15 is 0 Å². The Labute approximate surface area is 115 Å². The SMILES string of the molecule is CNc1cc(C)nc(C2CCNCC2)n1.Cl.Cl. The first-order chi connectivity index (χ1) is 7.29. The molecule has 1 aromatic heterocycles. The van der Waals surface area contributed by atoms with E-state index in [0.717, 1.165) is 43.3 Å². The number of halogens is 2. The second-order valence-electron chi connectivity index (χ2n) is 4.03. The molecule has 1 saturated heterocycles. The van der Waals surface area contributed by atoms with Gasteiger partial charge in [0.2, 0.25) is 0 Å². The summed E-state index contributed by atoms with van der Waals surface area (Å²) in [7, 11) is 1.90. The fourth-order valence-electron chi connectivity index (χ4n) is 1.98. The van der Waals surface area contributed by atoms with Gasteiger partial charge in [0.05, 0.1) is 0 Å². The number of piperidine rings is 1. The molecule has 0 unspecified atom stereocenters. The molecular formula is C11H20Cl2N4. The first kappa shape index (κ1) is 16.4. The first-order valence-electron chi connectivity index (χ1n) is 5.53. The Balaban J connectivity index is 0.00000128. The van der Waals surface area contributed by atoms with Crippen molar-refractivity contribution in [1.29, 1.82) is 0 Å². The Morgan fingerprint density at radius 3 is 2.47 bits per heavy atom. The highest BCUT2D eigenvalue weighted by Gasteiger charge is 2.18. The molecule has 0 radical (unpaired) electrons. The Bertz CT molecular complexity index is 340. The minimum Gasteiger partial charge on any atom is -0.373 e. The van der Waals surface area contributed by atoms with Gasteiger partial charge in [-0.25, -0.2) is 9.97 Å². The van der Waals surface area contributed by atoms with Crippen LogP contribution < -0.4 is 10.6 Å².